The van der Waals surface area contributed by atoms with E-state index in [1.165, 1.54) is 128 Å². The molecule has 0 aromatic rings. The van der Waals surface area contributed by atoms with E-state index in [0.29, 0.717) is 6.61 Å². The molecule has 0 rings (SSSR count). The number of aliphatic hydroxyl groups excluding tert-OH is 1. The van der Waals surface area contributed by atoms with Gasteiger partial charge < -0.3 is 9.84 Å². The first-order valence-electron chi connectivity index (χ1n) is 13.5. The van der Waals surface area contributed by atoms with Gasteiger partial charge in [-0.3, -0.25) is 0 Å². The van der Waals surface area contributed by atoms with Gasteiger partial charge in [0, 0.05) is 19.8 Å². The Morgan fingerprint density at radius 3 is 0.862 bits per heavy atom. The molecule has 0 heterocycles. The van der Waals surface area contributed by atoms with Crippen LogP contribution in [0, 0.1) is 0 Å². The molecule has 0 aromatic heterocycles. The summed E-state index contributed by atoms with van der Waals surface area (Å²) in [6.07, 6.45) is 29.0. The van der Waals surface area contributed by atoms with Gasteiger partial charge in [0.1, 0.15) is 0 Å². The number of hydrogen-bond donors (Lipinski definition) is 1. The van der Waals surface area contributed by atoms with Gasteiger partial charge in [-0.1, -0.05) is 136 Å². The van der Waals surface area contributed by atoms with Crippen LogP contribution in [0.15, 0.2) is 0 Å². The summed E-state index contributed by atoms with van der Waals surface area (Å²) in [4.78, 5) is 0. The van der Waals surface area contributed by atoms with Crippen LogP contribution in [0.2, 0.25) is 0 Å². The van der Waals surface area contributed by atoms with E-state index in [0.717, 1.165) is 19.6 Å². The molecule has 0 spiro atoms. The van der Waals surface area contributed by atoms with Crippen LogP contribution >= 0.6 is 0 Å². The average Bonchev–Trinajstić information content (AvgIpc) is 2.75. The predicted octanol–water partition coefficient (Wildman–Crippen LogP) is 9.23. The minimum Gasteiger partial charge on any atom is -0.396 e. The summed E-state index contributed by atoms with van der Waals surface area (Å²) in [7, 11) is 0. The van der Waals surface area contributed by atoms with E-state index in [-0.39, 0.29) is 0 Å². The lowest BCUT2D eigenvalue weighted by molar-refractivity contribution is 0.125. The maximum absolute atomic E-state index is 7.88. The molecule has 0 aliphatic rings. The van der Waals surface area contributed by atoms with Gasteiger partial charge in [-0.05, 0) is 19.3 Å². The van der Waals surface area contributed by atoms with Crippen LogP contribution in [0.25, 0.3) is 0 Å². The Balaban J connectivity index is 0. The molecule has 0 unspecified atom stereocenters. The van der Waals surface area contributed by atoms with Crippen molar-refractivity contribution in [2.75, 3.05) is 19.8 Å². The maximum atomic E-state index is 7.88. The Hall–Kier alpha value is -0.0800. The molecule has 1 N–H and O–H groups in total. The molecule has 0 bridgehead atoms. The van der Waals surface area contributed by atoms with Gasteiger partial charge >= 0.3 is 0 Å². The topological polar surface area (TPSA) is 29.5 Å². The van der Waals surface area contributed by atoms with Crippen molar-refractivity contribution in [1.82, 2.24) is 0 Å². The van der Waals surface area contributed by atoms with Gasteiger partial charge in [-0.25, -0.2) is 0 Å². The summed E-state index contributed by atoms with van der Waals surface area (Å²) < 4.78 is 5.78. The first kappa shape index (κ1) is 31.1. The highest BCUT2D eigenvalue weighted by Gasteiger charge is 1.95. The third kappa shape index (κ3) is 35.7. The van der Waals surface area contributed by atoms with Crippen molar-refractivity contribution in [1.29, 1.82) is 0 Å². The molecule has 0 fully saturated rings. The molecule has 2 nitrogen and oxygen atoms in total. The van der Waals surface area contributed by atoms with Crippen molar-refractivity contribution in [2.45, 2.75) is 156 Å². The number of ether oxygens (including phenoxy) is 1. The smallest absolute Gasteiger partial charge is 0.0466 e. The van der Waals surface area contributed by atoms with Gasteiger partial charge in [0.05, 0.1) is 0 Å². The number of rotatable bonds is 23. The summed E-state index contributed by atoms with van der Waals surface area (Å²) in [6, 6.07) is 0. The second-order valence-electron chi connectivity index (χ2n) is 8.70. The molecule has 0 aromatic carbocycles. The van der Waals surface area contributed by atoms with E-state index >= 15 is 0 Å². The van der Waals surface area contributed by atoms with E-state index in [9.17, 15) is 0 Å². The fraction of sp³-hybridized carbons (Fsp3) is 1.00. The molecule has 0 aliphatic carbocycles. The number of aliphatic hydroxyl groups is 1. The first-order chi connectivity index (χ1) is 14.3. The molecule has 0 radical (unpaired) electrons. The van der Waals surface area contributed by atoms with Crippen LogP contribution in [0.5, 0.6) is 0 Å². The van der Waals surface area contributed by atoms with Crippen LogP contribution < -0.4 is 0 Å². The Bertz CT molecular complexity index is 219. The zero-order chi connectivity index (χ0) is 21.7. The molecular formula is C27H58O2. The molecule has 29 heavy (non-hydrogen) atoms. The summed E-state index contributed by atoms with van der Waals surface area (Å²) in [6.45, 7) is 8.82. The van der Waals surface area contributed by atoms with Crippen LogP contribution in [0.1, 0.15) is 156 Å². The highest BCUT2D eigenvalue weighted by Crippen LogP contribution is 2.12. The molecular weight excluding hydrogens is 356 g/mol. The van der Waals surface area contributed by atoms with Gasteiger partial charge in [-0.2, -0.15) is 0 Å². The normalized spacial score (nSPS) is 10.8. The minimum absolute atomic E-state index is 0.319. The van der Waals surface area contributed by atoms with Crippen molar-refractivity contribution in [3.8, 4) is 0 Å². The Kier molecular flexibility index (Phi) is 35.0. The van der Waals surface area contributed by atoms with Gasteiger partial charge in [0.2, 0.25) is 0 Å². The summed E-state index contributed by atoms with van der Waals surface area (Å²) in [5.74, 6) is 0. The molecule has 178 valence electrons. The highest BCUT2D eigenvalue weighted by atomic mass is 16.5. The second-order valence-corrected chi connectivity index (χ2v) is 8.70. The third-order valence-corrected chi connectivity index (χ3v) is 5.51. The number of unbranched alkanes of at least 4 members (excludes halogenated alkanes) is 18. The Labute approximate surface area is 185 Å². The van der Waals surface area contributed by atoms with Gasteiger partial charge in [0.15, 0.2) is 0 Å². The van der Waals surface area contributed by atoms with Crippen molar-refractivity contribution < 1.29 is 9.84 Å². The largest absolute Gasteiger partial charge is 0.396 e. The van der Waals surface area contributed by atoms with E-state index in [1.807, 2.05) is 6.92 Å². The fourth-order valence-electron chi connectivity index (χ4n) is 3.49. The summed E-state index contributed by atoms with van der Waals surface area (Å²) in [5, 5.41) is 7.88. The zero-order valence-corrected chi connectivity index (χ0v) is 20.8. The SMILES string of the molecule is CCCCCCCCCCCCOCCCCCCCCCCCC.CCCO. The van der Waals surface area contributed by atoms with Gasteiger partial charge in [-0.15, -0.1) is 0 Å². The van der Waals surface area contributed by atoms with Crippen LogP contribution in [0.4, 0.5) is 0 Å². The summed E-state index contributed by atoms with van der Waals surface area (Å²) >= 11 is 0. The maximum Gasteiger partial charge on any atom is 0.0466 e. The molecule has 2 heteroatoms. The lowest BCUT2D eigenvalue weighted by atomic mass is 10.1. The van der Waals surface area contributed by atoms with Crippen molar-refractivity contribution >= 4 is 0 Å². The quantitative estimate of drug-likeness (QED) is 0.169. The molecule has 0 atom stereocenters. The molecule has 0 saturated carbocycles. The minimum atomic E-state index is 0.319. The molecule has 0 saturated heterocycles. The first-order valence-corrected chi connectivity index (χ1v) is 13.5. The van der Waals surface area contributed by atoms with E-state index in [2.05, 4.69) is 13.8 Å². The van der Waals surface area contributed by atoms with E-state index < -0.39 is 0 Å². The Morgan fingerprint density at radius 2 is 0.621 bits per heavy atom. The van der Waals surface area contributed by atoms with Crippen LogP contribution in [0.3, 0.4) is 0 Å². The monoisotopic (exact) mass is 414 g/mol. The molecule has 0 amide bonds. The Morgan fingerprint density at radius 1 is 0.379 bits per heavy atom. The van der Waals surface area contributed by atoms with Crippen molar-refractivity contribution in [2.24, 2.45) is 0 Å². The number of hydrogen-bond acceptors (Lipinski definition) is 2. The molecule has 0 aliphatic heterocycles. The predicted molar refractivity (Wildman–Crippen MR) is 132 cm³/mol. The highest BCUT2D eigenvalue weighted by molar-refractivity contribution is 4.49. The summed E-state index contributed by atoms with van der Waals surface area (Å²) in [5.41, 5.74) is 0. The van der Waals surface area contributed by atoms with Crippen LogP contribution in [-0.4, -0.2) is 24.9 Å². The van der Waals surface area contributed by atoms with Crippen molar-refractivity contribution in [3.63, 3.8) is 0 Å². The average molecular weight is 415 g/mol. The lowest BCUT2D eigenvalue weighted by Gasteiger charge is -2.05. The van der Waals surface area contributed by atoms with Crippen molar-refractivity contribution in [3.05, 3.63) is 0 Å². The van der Waals surface area contributed by atoms with E-state index in [1.54, 1.807) is 0 Å². The second kappa shape index (κ2) is 32.6. The standard InChI is InChI=1S/C24H50O.C3H8O/c1-3-5-7-9-11-13-15-17-19-21-23-25-24-22-20-18-16-14-12-10-8-6-4-2;1-2-3-4/h3-24H2,1-2H3;4H,2-3H2,1H3. The zero-order valence-electron chi connectivity index (χ0n) is 20.8. The van der Waals surface area contributed by atoms with E-state index in [4.69, 9.17) is 9.84 Å². The lowest BCUT2D eigenvalue weighted by Crippen LogP contribution is -1.97. The fourth-order valence-corrected chi connectivity index (χ4v) is 3.49. The van der Waals surface area contributed by atoms with Gasteiger partial charge in [0.25, 0.3) is 0 Å². The van der Waals surface area contributed by atoms with Crippen LogP contribution in [-0.2, 0) is 4.74 Å². The third-order valence-electron chi connectivity index (χ3n) is 5.51.